The highest BCUT2D eigenvalue weighted by Crippen LogP contribution is 2.35. The van der Waals surface area contributed by atoms with Crippen molar-refractivity contribution in [3.8, 4) is 22.7 Å². The van der Waals surface area contributed by atoms with Crippen molar-refractivity contribution in [3.63, 3.8) is 0 Å². The summed E-state index contributed by atoms with van der Waals surface area (Å²) in [6.07, 6.45) is 10.7. The van der Waals surface area contributed by atoms with Gasteiger partial charge in [-0.15, -0.1) is 0 Å². The molecule has 3 saturated heterocycles. The predicted octanol–water partition coefficient (Wildman–Crippen LogP) is 3.09. The van der Waals surface area contributed by atoms with Crippen molar-refractivity contribution >= 4 is 17.2 Å². The number of nitrogens with one attached hydrogen (secondary N) is 2. The number of anilines is 1. The van der Waals surface area contributed by atoms with Crippen molar-refractivity contribution in [2.45, 2.75) is 44.3 Å². The largest absolute Gasteiger partial charge is 0.494 e. The van der Waals surface area contributed by atoms with Crippen LogP contribution in [0.2, 0.25) is 0 Å². The number of pyridine rings is 1. The van der Waals surface area contributed by atoms with Crippen LogP contribution in [0.3, 0.4) is 0 Å². The molecule has 3 aliphatic heterocycles. The number of carbonyl (C=O) groups excluding carboxylic acids is 1. The maximum Gasteiger partial charge on any atom is 0.254 e. The molecule has 2 N–H and O–H groups in total. The Morgan fingerprint density at radius 3 is 2.65 bits per heavy atom. The Balaban J connectivity index is 1.24. The molecule has 190 valence electrons. The van der Waals surface area contributed by atoms with Crippen LogP contribution in [0.4, 0.5) is 10.1 Å². The lowest BCUT2D eigenvalue weighted by atomic mass is 9.91. The number of piperazine rings is 1. The molecule has 2 bridgehead atoms. The van der Waals surface area contributed by atoms with Crippen LogP contribution in [0.15, 0.2) is 43.0 Å². The minimum atomic E-state index is -0.527. The first-order chi connectivity index (χ1) is 18.0. The van der Waals surface area contributed by atoms with Crippen molar-refractivity contribution in [3.05, 3.63) is 59.9 Å². The van der Waals surface area contributed by atoms with Gasteiger partial charge in [-0.05, 0) is 43.9 Å². The minimum absolute atomic E-state index is 0.0326. The fourth-order valence-corrected chi connectivity index (χ4v) is 5.48. The third kappa shape index (κ3) is 3.83. The second kappa shape index (κ2) is 8.31. The van der Waals surface area contributed by atoms with Gasteiger partial charge >= 0.3 is 0 Å². The zero-order valence-corrected chi connectivity index (χ0v) is 20.7. The minimum Gasteiger partial charge on any atom is -0.494 e. The molecular weight excluding hydrogens is 473 g/mol. The molecule has 1 amide bonds. The number of hydrogen-bond acceptors (Lipinski definition) is 6. The lowest BCUT2D eigenvalue weighted by molar-refractivity contribution is 0.0947. The van der Waals surface area contributed by atoms with E-state index in [-0.39, 0.29) is 17.5 Å². The first-order valence-corrected chi connectivity index (χ1v) is 12.7. The standard InChI is InChI=1S/C27H28FN7O2/c1-15-5-21(28)20(27(36)32-17-3-4-17)7-22(15)35-11-16(9-30-35)23-10-29-26-8-25(37-2)24(14-34(23)26)33-12-18-6-19(13-33)31-18/h5,7-11,14,17-19,31H,3-4,6,12-13H2,1-2H3,(H,32,36). The zero-order chi connectivity index (χ0) is 25.3. The third-order valence-electron chi connectivity index (χ3n) is 7.64. The van der Waals surface area contributed by atoms with Crippen molar-refractivity contribution in [1.82, 2.24) is 29.8 Å². The Bertz CT molecular complexity index is 1520. The number of carbonyl (C=O) groups is 1. The summed E-state index contributed by atoms with van der Waals surface area (Å²) in [6, 6.07) is 6.13. The Hall–Kier alpha value is -3.92. The van der Waals surface area contributed by atoms with Gasteiger partial charge in [-0.3, -0.25) is 9.20 Å². The van der Waals surface area contributed by atoms with Crippen LogP contribution in [0.5, 0.6) is 5.75 Å². The van der Waals surface area contributed by atoms with Gasteiger partial charge in [-0.1, -0.05) is 0 Å². The van der Waals surface area contributed by atoms with Gasteiger partial charge in [0, 0.05) is 55.2 Å². The van der Waals surface area contributed by atoms with Crippen LogP contribution >= 0.6 is 0 Å². The van der Waals surface area contributed by atoms with Crippen LogP contribution in [0.1, 0.15) is 35.2 Å². The Morgan fingerprint density at radius 1 is 1.14 bits per heavy atom. The zero-order valence-electron chi connectivity index (χ0n) is 20.7. The number of nitrogens with zero attached hydrogens (tertiary/aromatic N) is 5. The molecule has 4 fully saturated rings. The molecule has 2 atom stereocenters. The summed E-state index contributed by atoms with van der Waals surface area (Å²) < 4.78 is 24.1. The van der Waals surface area contributed by atoms with Crippen LogP contribution in [0.25, 0.3) is 22.6 Å². The van der Waals surface area contributed by atoms with E-state index in [0.717, 1.165) is 54.3 Å². The van der Waals surface area contributed by atoms with Gasteiger partial charge < -0.3 is 20.3 Å². The number of ether oxygens (including phenoxy) is 1. The SMILES string of the molecule is COc1cc2ncc(-c3cnn(-c4cc(C(=O)NC5CC5)c(F)cc4C)c3)n2cc1N1CC2CC(C1)N2. The molecule has 2 unspecified atom stereocenters. The Morgan fingerprint density at radius 2 is 1.92 bits per heavy atom. The molecule has 6 heterocycles. The van der Waals surface area contributed by atoms with Gasteiger partial charge in [0.15, 0.2) is 0 Å². The van der Waals surface area contributed by atoms with Gasteiger partial charge in [0.1, 0.15) is 17.2 Å². The second-order valence-electron chi connectivity index (χ2n) is 10.3. The predicted molar refractivity (Wildman–Crippen MR) is 137 cm³/mol. The van der Waals surface area contributed by atoms with Gasteiger partial charge in [0.2, 0.25) is 0 Å². The van der Waals surface area contributed by atoms with E-state index >= 15 is 0 Å². The molecule has 0 spiro atoms. The van der Waals surface area contributed by atoms with E-state index in [1.807, 2.05) is 25.4 Å². The van der Waals surface area contributed by atoms with Crippen molar-refractivity contribution in [2.75, 3.05) is 25.1 Å². The quantitative estimate of drug-likeness (QED) is 0.422. The summed E-state index contributed by atoms with van der Waals surface area (Å²) in [7, 11) is 1.69. The summed E-state index contributed by atoms with van der Waals surface area (Å²) in [5.41, 5.74) is 4.95. The number of rotatable bonds is 6. The number of benzene rings is 1. The Labute approximate surface area is 213 Å². The van der Waals surface area contributed by atoms with Crippen molar-refractivity contribution in [1.29, 1.82) is 0 Å². The maximum atomic E-state index is 14.6. The highest BCUT2D eigenvalue weighted by Gasteiger charge is 2.37. The molecule has 10 heteroatoms. The molecular formula is C27H28FN7O2. The second-order valence-corrected chi connectivity index (χ2v) is 10.3. The smallest absolute Gasteiger partial charge is 0.254 e. The van der Waals surface area contributed by atoms with Gasteiger partial charge in [0.05, 0.1) is 42.1 Å². The van der Waals surface area contributed by atoms with E-state index in [9.17, 15) is 9.18 Å². The number of imidazole rings is 1. The lowest BCUT2D eigenvalue weighted by Gasteiger charge is -2.49. The first kappa shape index (κ1) is 22.3. The lowest BCUT2D eigenvalue weighted by Crippen LogP contribution is -2.67. The van der Waals surface area contributed by atoms with Crippen LogP contribution in [-0.4, -0.2) is 63.4 Å². The molecule has 1 saturated carbocycles. The fourth-order valence-electron chi connectivity index (χ4n) is 5.48. The highest BCUT2D eigenvalue weighted by atomic mass is 19.1. The number of piperidine rings is 1. The summed E-state index contributed by atoms with van der Waals surface area (Å²) in [4.78, 5) is 19.6. The van der Waals surface area contributed by atoms with E-state index in [1.54, 1.807) is 24.1 Å². The number of aryl methyl sites for hydroxylation is 1. The van der Waals surface area contributed by atoms with Gasteiger partial charge in [0.25, 0.3) is 5.91 Å². The maximum absolute atomic E-state index is 14.6. The Kier molecular flexibility index (Phi) is 5.00. The molecule has 4 aliphatic rings. The topological polar surface area (TPSA) is 88.7 Å². The normalized spacial score (nSPS) is 20.7. The van der Waals surface area contributed by atoms with Crippen LogP contribution in [0, 0.1) is 12.7 Å². The average Bonchev–Trinajstić information content (AvgIpc) is 3.39. The van der Waals surface area contributed by atoms with Gasteiger partial charge in [-0.25, -0.2) is 14.1 Å². The summed E-state index contributed by atoms with van der Waals surface area (Å²) in [6.45, 7) is 3.70. The highest BCUT2D eigenvalue weighted by molar-refractivity contribution is 5.95. The van der Waals surface area contributed by atoms with Crippen molar-refractivity contribution in [2.24, 2.45) is 0 Å². The molecule has 1 aromatic carbocycles. The number of methoxy groups -OCH3 is 1. The van der Waals surface area contributed by atoms with Crippen LogP contribution in [-0.2, 0) is 0 Å². The molecule has 1 aliphatic carbocycles. The summed E-state index contributed by atoms with van der Waals surface area (Å²) >= 11 is 0. The number of halogens is 1. The van der Waals surface area contributed by atoms with Crippen LogP contribution < -0.4 is 20.3 Å². The molecule has 9 nitrogen and oxygen atoms in total. The molecule has 0 radical (unpaired) electrons. The van der Waals surface area contributed by atoms with E-state index in [4.69, 9.17) is 4.74 Å². The van der Waals surface area contributed by atoms with E-state index in [2.05, 4.69) is 36.2 Å². The molecule has 37 heavy (non-hydrogen) atoms. The average molecular weight is 502 g/mol. The summed E-state index contributed by atoms with van der Waals surface area (Å²) in [5.74, 6) is -0.108. The van der Waals surface area contributed by atoms with Crippen molar-refractivity contribution < 1.29 is 13.9 Å². The summed E-state index contributed by atoms with van der Waals surface area (Å²) in [5, 5.41) is 11.0. The first-order valence-electron chi connectivity index (χ1n) is 12.7. The number of hydrogen-bond donors (Lipinski definition) is 2. The van der Waals surface area contributed by atoms with Gasteiger partial charge in [-0.2, -0.15) is 5.10 Å². The molecule has 3 aromatic heterocycles. The molecule has 8 rings (SSSR count). The third-order valence-corrected chi connectivity index (χ3v) is 7.64. The monoisotopic (exact) mass is 501 g/mol. The number of amides is 1. The van der Waals surface area contributed by atoms with E-state index < -0.39 is 5.82 Å². The number of aromatic nitrogens is 4. The number of fused-ring (bicyclic) bond motifs is 3. The van der Waals surface area contributed by atoms with E-state index in [0.29, 0.717) is 23.3 Å². The fraction of sp³-hybridized carbons (Fsp3) is 0.370. The molecule has 4 aromatic rings. The van der Waals surface area contributed by atoms with E-state index in [1.165, 1.54) is 12.5 Å².